The molecule has 0 unspecified atom stereocenters. The van der Waals surface area contributed by atoms with Gasteiger partial charge in [0, 0.05) is 12.3 Å². The molecular weight excluding hydrogens is 396 g/mol. The molecule has 29 heavy (non-hydrogen) atoms. The number of benzene rings is 1. The van der Waals surface area contributed by atoms with Crippen LogP contribution >= 0.6 is 0 Å². The molecule has 0 amide bonds. The Morgan fingerprint density at radius 1 is 1.10 bits per heavy atom. The summed E-state index contributed by atoms with van der Waals surface area (Å²) in [5.74, 6) is -0.517. The van der Waals surface area contributed by atoms with E-state index in [-0.39, 0.29) is 23.8 Å². The standard InChI is InChI=1S/C20H18N2O6S/c23-19(18-4-1-11-21-18)14-28-20(24)10-7-15-5-8-17(9-6-15)29(25,26)22-13-16-3-2-12-27-16/h1-12,21-22H,13-14H2/b10-7+. The van der Waals surface area contributed by atoms with Crippen molar-refractivity contribution >= 4 is 27.9 Å². The molecule has 8 nitrogen and oxygen atoms in total. The van der Waals surface area contributed by atoms with Crippen molar-refractivity contribution in [2.24, 2.45) is 0 Å². The highest BCUT2D eigenvalue weighted by Gasteiger charge is 2.14. The van der Waals surface area contributed by atoms with Crippen molar-refractivity contribution < 1.29 is 27.2 Å². The number of Topliss-reactive ketones (excluding diaryl/α,β-unsaturated/α-hetero) is 1. The second-order valence-electron chi connectivity index (χ2n) is 5.92. The molecule has 0 fully saturated rings. The Balaban J connectivity index is 1.52. The highest BCUT2D eigenvalue weighted by Crippen LogP contribution is 2.13. The first-order valence-electron chi connectivity index (χ1n) is 8.57. The van der Waals surface area contributed by atoms with Crippen LogP contribution in [0.3, 0.4) is 0 Å². The van der Waals surface area contributed by atoms with Crippen molar-refractivity contribution in [3.05, 3.63) is 84.1 Å². The summed E-state index contributed by atoms with van der Waals surface area (Å²) in [6.07, 6.45) is 5.70. The molecule has 150 valence electrons. The summed E-state index contributed by atoms with van der Waals surface area (Å²) in [7, 11) is -3.69. The summed E-state index contributed by atoms with van der Waals surface area (Å²) in [6.45, 7) is -0.327. The van der Waals surface area contributed by atoms with E-state index in [4.69, 9.17) is 9.15 Å². The van der Waals surface area contributed by atoms with Gasteiger partial charge in [0.25, 0.3) is 0 Å². The first kappa shape index (κ1) is 20.3. The van der Waals surface area contributed by atoms with Gasteiger partial charge in [0.2, 0.25) is 15.8 Å². The van der Waals surface area contributed by atoms with Crippen LogP contribution in [0.25, 0.3) is 6.08 Å². The number of ketones is 1. The smallest absolute Gasteiger partial charge is 0.331 e. The Morgan fingerprint density at radius 3 is 2.55 bits per heavy atom. The van der Waals surface area contributed by atoms with E-state index in [0.717, 1.165) is 0 Å². The van der Waals surface area contributed by atoms with E-state index < -0.39 is 16.0 Å². The Labute approximate surface area is 167 Å². The minimum absolute atomic E-state index is 0.0457. The second kappa shape index (κ2) is 9.18. The Kier molecular flexibility index (Phi) is 6.43. The van der Waals surface area contributed by atoms with Crippen LogP contribution < -0.4 is 4.72 Å². The molecule has 0 atom stereocenters. The van der Waals surface area contributed by atoms with Crippen molar-refractivity contribution in [3.8, 4) is 0 Å². The van der Waals surface area contributed by atoms with E-state index in [0.29, 0.717) is 17.0 Å². The average Bonchev–Trinajstić information content (AvgIpc) is 3.43. The number of rotatable bonds is 9. The van der Waals surface area contributed by atoms with Crippen molar-refractivity contribution in [2.45, 2.75) is 11.4 Å². The van der Waals surface area contributed by atoms with Gasteiger partial charge >= 0.3 is 5.97 Å². The largest absolute Gasteiger partial charge is 0.468 e. The van der Waals surface area contributed by atoms with E-state index in [2.05, 4.69) is 9.71 Å². The van der Waals surface area contributed by atoms with Gasteiger partial charge in [-0.3, -0.25) is 4.79 Å². The quantitative estimate of drug-likeness (QED) is 0.316. The molecule has 9 heteroatoms. The second-order valence-corrected chi connectivity index (χ2v) is 7.69. The monoisotopic (exact) mass is 414 g/mol. The lowest BCUT2D eigenvalue weighted by atomic mass is 10.2. The number of sulfonamides is 1. The Hall–Kier alpha value is -3.43. The first-order valence-corrected chi connectivity index (χ1v) is 10.1. The third kappa shape index (κ3) is 5.77. The van der Waals surface area contributed by atoms with Crippen LogP contribution in [0.1, 0.15) is 21.8 Å². The molecule has 0 spiro atoms. The van der Waals surface area contributed by atoms with Gasteiger partial charge in [-0.2, -0.15) is 0 Å². The molecule has 0 radical (unpaired) electrons. The number of carbonyl (C=O) groups excluding carboxylic acids is 2. The summed E-state index contributed by atoms with van der Waals surface area (Å²) >= 11 is 0. The number of hydrogen-bond donors (Lipinski definition) is 2. The van der Waals surface area contributed by atoms with Crippen LogP contribution in [-0.2, 0) is 26.1 Å². The summed E-state index contributed by atoms with van der Waals surface area (Å²) in [6, 6.07) is 12.5. The van der Waals surface area contributed by atoms with Gasteiger partial charge in [0.1, 0.15) is 5.76 Å². The zero-order chi connectivity index (χ0) is 20.7. The first-order chi connectivity index (χ1) is 13.9. The number of hydrogen-bond acceptors (Lipinski definition) is 6. The molecule has 0 aliphatic carbocycles. The third-order valence-corrected chi connectivity index (χ3v) is 5.28. The normalized spacial score (nSPS) is 11.6. The topological polar surface area (TPSA) is 118 Å². The molecule has 2 heterocycles. The zero-order valence-corrected chi connectivity index (χ0v) is 16.0. The molecule has 1 aromatic carbocycles. The van der Waals surface area contributed by atoms with E-state index in [9.17, 15) is 18.0 Å². The summed E-state index contributed by atoms with van der Waals surface area (Å²) in [4.78, 5) is 26.3. The SMILES string of the molecule is O=C(/C=C/c1ccc(S(=O)(=O)NCc2ccco2)cc1)OCC(=O)c1ccc[nH]1. The van der Waals surface area contributed by atoms with Gasteiger partial charge in [-0.05, 0) is 48.0 Å². The van der Waals surface area contributed by atoms with Gasteiger partial charge in [0.05, 0.1) is 23.4 Å². The van der Waals surface area contributed by atoms with Crippen LogP contribution in [0, 0.1) is 0 Å². The summed E-state index contributed by atoms with van der Waals surface area (Å²) in [5, 5.41) is 0. The number of nitrogens with one attached hydrogen (secondary N) is 2. The van der Waals surface area contributed by atoms with Crippen LogP contribution in [0.2, 0.25) is 0 Å². The maximum atomic E-state index is 12.3. The molecule has 2 N–H and O–H groups in total. The molecule has 3 rings (SSSR count). The fraction of sp³-hybridized carbons (Fsp3) is 0.100. The van der Waals surface area contributed by atoms with Gasteiger partial charge < -0.3 is 14.1 Å². The van der Waals surface area contributed by atoms with E-state index in [1.807, 2.05) is 0 Å². The van der Waals surface area contributed by atoms with Crippen LogP contribution in [0.5, 0.6) is 0 Å². The molecular formula is C20H18N2O6S. The van der Waals surface area contributed by atoms with Crippen LogP contribution in [-0.4, -0.2) is 31.8 Å². The predicted octanol–water partition coefficient (Wildman–Crippen LogP) is 2.53. The highest BCUT2D eigenvalue weighted by atomic mass is 32.2. The van der Waals surface area contributed by atoms with Gasteiger partial charge in [-0.15, -0.1) is 0 Å². The zero-order valence-electron chi connectivity index (χ0n) is 15.2. The third-order valence-electron chi connectivity index (χ3n) is 3.86. The number of furan rings is 1. The molecule has 0 saturated carbocycles. The summed E-state index contributed by atoms with van der Waals surface area (Å²) in [5.41, 5.74) is 0.960. The average molecular weight is 414 g/mol. The lowest BCUT2D eigenvalue weighted by Gasteiger charge is -2.05. The predicted molar refractivity (Wildman–Crippen MR) is 104 cm³/mol. The lowest BCUT2D eigenvalue weighted by molar-refractivity contribution is -0.136. The molecule has 0 bridgehead atoms. The molecule has 3 aromatic rings. The van der Waals surface area contributed by atoms with Crippen molar-refractivity contribution in [1.82, 2.24) is 9.71 Å². The number of H-pyrrole nitrogens is 1. The van der Waals surface area contributed by atoms with Gasteiger partial charge in [-0.1, -0.05) is 12.1 Å². The highest BCUT2D eigenvalue weighted by molar-refractivity contribution is 7.89. The van der Waals surface area contributed by atoms with E-state index >= 15 is 0 Å². The molecule has 0 aliphatic rings. The number of aromatic nitrogens is 1. The minimum Gasteiger partial charge on any atom is -0.468 e. The van der Waals surface area contributed by atoms with Crippen LogP contribution in [0.15, 0.2) is 76.4 Å². The fourth-order valence-corrected chi connectivity index (χ4v) is 3.34. The van der Waals surface area contributed by atoms with Gasteiger partial charge in [-0.25, -0.2) is 17.9 Å². The summed E-state index contributed by atoms with van der Waals surface area (Å²) < 4.78 is 37.0. The van der Waals surface area contributed by atoms with Crippen molar-refractivity contribution in [1.29, 1.82) is 0 Å². The minimum atomic E-state index is -3.69. The lowest BCUT2D eigenvalue weighted by Crippen LogP contribution is -2.22. The van der Waals surface area contributed by atoms with Gasteiger partial charge in [0.15, 0.2) is 6.61 Å². The molecule has 0 saturated heterocycles. The van der Waals surface area contributed by atoms with E-state index in [1.165, 1.54) is 30.5 Å². The molecule has 2 aromatic heterocycles. The maximum Gasteiger partial charge on any atom is 0.331 e. The number of esters is 1. The molecule has 0 aliphatic heterocycles. The van der Waals surface area contributed by atoms with E-state index in [1.54, 1.807) is 42.6 Å². The van der Waals surface area contributed by atoms with Crippen molar-refractivity contribution in [3.63, 3.8) is 0 Å². The Bertz CT molecular complexity index is 1080. The van der Waals surface area contributed by atoms with Crippen LogP contribution in [0.4, 0.5) is 0 Å². The van der Waals surface area contributed by atoms with Crippen molar-refractivity contribution in [2.75, 3.05) is 6.61 Å². The maximum absolute atomic E-state index is 12.3. The Morgan fingerprint density at radius 2 is 1.90 bits per heavy atom. The number of aromatic amines is 1. The number of carbonyl (C=O) groups is 2. The fourth-order valence-electron chi connectivity index (χ4n) is 2.35. The number of ether oxygens (including phenoxy) is 1.